The van der Waals surface area contributed by atoms with Crippen molar-refractivity contribution in [2.24, 2.45) is 4.99 Å². The highest BCUT2D eigenvalue weighted by atomic mass is 16.1. The van der Waals surface area contributed by atoms with E-state index in [1.54, 1.807) is 14.1 Å². The van der Waals surface area contributed by atoms with Crippen LogP contribution in [0.4, 0.5) is 0 Å². The second-order valence-corrected chi connectivity index (χ2v) is 7.71. The molecule has 0 saturated carbocycles. The number of benzene rings is 2. The van der Waals surface area contributed by atoms with Gasteiger partial charge in [0.25, 0.3) is 5.91 Å². The molecule has 0 atom stereocenters. The highest BCUT2D eigenvalue weighted by Crippen LogP contribution is 2.13. The first-order valence-corrected chi connectivity index (χ1v) is 10.7. The van der Waals surface area contributed by atoms with Crippen LogP contribution < -0.4 is 16.0 Å². The molecule has 160 valence electrons. The Morgan fingerprint density at radius 2 is 1.40 bits per heavy atom. The lowest BCUT2D eigenvalue weighted by atomic mass is 10.1. The molecule has 0 bridgehead atoms. The third-order valence-corrected chi connectivity index (χ3v) is 5.46. The third-order valence-electron chi connectivity index (χ3n) is 5.46. The van der Waals surface area contributed by atoms with E-state index in [4.69, 9.17) is 0 Å². The van der Waals surface area contributed by atoms with Crippen LogP contribution in [-0.2, 0) is 19.6 Å². The summed E-state index contributed by atoms with van der Waals surface area (Å²) in [6.45, 7) is 4.86. The van der Waals surface area contributed by atoms with Gasteiger partial charge in [0.2, 0.25) is 0 Å². The van der Waals surface area contributed by atoms with Gasteiger partial charge >= 0.3 is 0 Å². The molecule has 1 heterocycles. The van der Waals surface area contributed by atoms with Crippen LogP contribution in [0.5, 0.6) is 0 Å². The molecule has 0 aromatic heterocycles. The van der Waals surface area contributed by atoms with E-state index in [9.17, 15) is 4.79 Å². The van der Waals surface area contributed by atoms with Gasteiger partial charge in [-0.3, -0.25) is 14.7 Å². The van der Waals surface area contributed by atoms with Gasteiger partial charge in [0, 0.05) is 39.3 Å². The molecule has 6 heteroatoms. The lowest BCUT2D eigenvalue weighted by Gasteiger charge is -2.26. The van der Waals surface area contributed by atoms with Crippen molar-refractivity contribution < 1.29 is 4.79 Å². The highest BCUT2D eigenvalue weighted by Gasteiger charge is 2.10. The number of nitrogens with one attached hydrogen (secondary N) is 3. The molecule has 0 spiro atoms. The number of guanidine groups is 1. The van der Waals surface area contributed by atoms with Crippen LogP contribution in [-0.4, -0.2) is 44.0 Å². The van der Waals surface area contributed by atoms with Gasteiger partial charge in [-0.25, -0.2) is 0 Å². The summed E-state index contributed by atoms with van der Waals surface area (Å²) in [7, 11) is 3.40. The molecule has 1 aliphatic rings. The predicted molar refractivity (Wildman–Crippen MR) is 122 cm³/mol. The molecule has 1 aliphatic heterocycles. The zero-order valence-corrected chi connectivity index (χ0v) is 18.1. The van der Waals surface area contributed by atoms with Crippen molar-refractivity contribution in [2.75, 3.05) is 27.2 Å². The molecule has 0 unspecified atom stereocenters. The molecule has 1 fully saturated rings. The molecule has 1 amide bonds. The summed E-state index contributed by atoms with van der Waals surface area (Å²) in [6, 6.07) is 16.4. The number of piperidine rings is 1. The fraction of sp³-hybridized carbons (Fsp3) is 0.417. The van der Waals surface area contributed by atoms with E-state index >= 15 is 0 Å². The predicted octanol–water partition coefficient (Wildman–Crippen LogP) is 2.90. The number of carbonyl (C=O) groups excluding carboxylic acids is 1. The largest absolute Gasteiger partial charge is 0.355 e. The van der Waals surface area contributed by atoms with Crippen molar-refractivity contribution in [1.29, 1.82) is 0 Å². The average Bonchev–Trinajstić information content (AvgIpc) is 2.80. The van der Waals surface area contributed by atoms with Crippen molar-refractivity contribution >= 4 is 11.9 Å². The highest BCUT2D eigenvalue weighted by molar-refractivity contribution is 5.93. The van der Waals surface area contributed by atoms with E-state index < -0.39 is 0 Å². The summed E-state index contributed by atoms with van der Waals surface area (Å²) in [5, 5.41) is 9.31. The summed E-state index contributed by atoms with van der Waals surface area (Å²) in [5.74, 6) is 0.678. The monoisotopic (exact) mass is 407 g/mol. The number of aliphatic imine (C=N–C) groups is 1. The fourth-order valence-electron chi connectivity index (χ4n) is 3.65. The van der Waals surface area contributed by atoms with Crippen LogP contribution in [0.1, 0.15) is 46.3 Å². The molecule has 0 radical (unpaired) electrons. The van der Waals surface area contributed by atoms with Gasteiger partial charge < -0.3 is 16.0 Å². The third kappa shape index (κ3) is 6.59. The number of hydrogen-bond acceptors (Lipinski definition) is 3. The van der Waals surface area contributed by atoms with Gasteiger partial charge in [0.1, 0.15) is 0 Å². The first-order chi connectivity index (χ1) is 14.7. The van der Waals surface area contributed by atoms with E-state index in [1.807, 2.05) is 24.3 Å². The molecule has 2 aromatic carbocycles. The Balaban J connectivity index is 1.44. The minimum atomic E-state index is -0.0751. The Bertz CT molecular complexity index is 824. The molecule has 6 nitrogen and oxygen atoms in total. The van der Waals surface area contributed by atoms with Gasteiger partial charge in [0.15, 0.2) is 5.96 Å². The van der Waals surface area contributed by atoms with E-state index in [0.717, 1.165) is 24.6 Å². The topological polar surface area (TPSA) is 68.8 Å². The van der Waals surface area contributed by atoms with Gasteiger partial charge in [-0.1, -0.05) is 42.8 Å². The Labute approximate surface area is 179 Å². The van der Waals surface area contributed by atoms with Gasteiger partial charge in [-0.15, -0.1) is 0 Å². The average molecular weight is 408 g/mol. The zero-order valence-electron chi connectivity index (χ0n) is 18.1. The van der Waals surface area contributed by atoms with E-state index in [2.05, 4.69) is 50.1 Å². The molecular weight excluding hydrogens is 374 g/mol. The molecular formula is C24H33N5O. The Kier molecular flexibility index (Phi) is 8.27. The van der Waals surface area contributed by atoms with Crippen molar-refractivity contribution in [3.05, 3.63) is 70.8 Å². The van der Waals surface area contributed by atoms with Crippen LogP contribution in [0, 0.1) is 0 Å². The quantitative estimate of drug-likeness (QED) is 0.488. The summed E-state index contributed by atoms with van der Waals surface area (Å²) in [5.41, 5.74) is 4.36. The van der Waals surface area contributed by atoms with Crippen LogP contribution >= 0.6 is 0 Å². The van der Waals surface area contributed by atoms with Crippen molar-refractivity contribution in [3.8, 4) is 0 Å². The molecule has 1 saturated heterocycles. The summed E-state index contributed by atoms with van der Waals surface area (Å²) in [6.07, 6.45) is 4.02. The normalized spacial score (nSPS) is 14.9. The number of likely N-dealkylation sites (tertiary alicyclic amines) is 1. The lowest BCUT2D eigenvalue weighted by molar-refractivity contribution is 0.0963. The summed E-state index contributed by atoms with van der Waals surface area (Å²) < 4.78 is 0. The summed E-state index contributed by atoms with van der Waals surface area (Å²) >= 11 is 0. The first kappa shape index (κ1) is 21.8. The van der Waals surface area contributed by atoms with Gasteiger partial charge in [-0.2, -0.15) is 0 Å². The Morgan fingerprint density at radius 3 is 1.93 bits per heavy atom. The lowest BCUT2D eigenvalue weighted by Crippen LogP contribution is -2.36. The number of carbonyl (C=O) groups is 1. The van der Waals surface area contributed by atoms with Gasteiger partial charge in [0.05, 0.1) is 0 Å². The van der Waals surface area contributed by atoms with Crippen molar-refractivity contribution in [3.63, 3.8) is 0 Å². The minimum absolute atomic E-state index is 0.0751. The van der Waals surface area contributed by atoms with E-state index in [-0.39, 0.29) is 5.91 Å². The number of nitrogens with zero attached hydrogens (tertiary/aromatic N) is 2. The Morgan fingerprint density at radius 1 is 0.867 bits per heavy atom. The maximum Gasteiger partial charge on any atom is 0.251 e. The smallest absolute Gasteiger partial charge is 0.251 e. The standard InChI is InChI=1S/C24H33N5O/c1-25-23(30)22-12-10-20(11-13-22)17-28-24(26-2)27-16-19-6-8-21(9-7-19)18-29-14-4-3-5-15-29/h6-13H,3-5,14-18H2,1-2H3,(H,25,30)(H2,26,27,28). The second kappa shape index (κ2) is 11.4. The van der Waals surface area contributed by atoms with Crippen LogP contribution in [0.2, 0.25) is 0 Å². The Hall–Kier alpha value is -2.86. The second-order valence-electron chi connectivity index (χ2n) is 7.71. The SMILES string of the molecule is CN=C(NCc1ccc(CN2CCCCC2)cc1)NCc1ccc(C(=O)NC)cc1. The number of hydrogen-bond donors (Lipinski definition) is 3. The fourth-order valence-corrected chi connectivity index (χ4v) is 3.65. The molecule has 3 rings (SSSR count). The molecule has 2 aromatic rings. The number of amides is 1. The molecule has 0 aliphatic carbocycles. The zero-order chi connectivity index (χ0) is 21.2. The minimum Gasteiger partial charge on any atom is -0.355 e. The van der Waals surface area contributed by atoms with Crippen molar-refractivity contribution in [1.82, 2.24) is 20.9 Å². The first-order valence-electron chi connectivity index (χ1n) is 10.7. The maximum atomic E-state index is 11.6. The molecule has 3 N–H and O–H groups in total. The summed E-state index contributed by atoms with van der Waals surface area (Å²) in [4.78, 5) is 18.5. The van der Waals surface area contributed by atoms with E-state index in [0.29, 0.717) is 12.1 Å². The van der Waals surface area contributed by atoms with Crippen molar-refractivity contribution in [2.45, 2.75) is 38.9 Å². The van der Waals surface area contributed by atoms with Gasteiger partial charge in [-0.05, 0) is 54.8 Å². The van der Waals surface area contributed by atoms with Crippen LogP contribution in [0.25, 0.3) is 0 Å². The number of rotatable bonds is 7. The van der Waals surface area contributed by atoms with Crippen LogP contribution in [0.3, 0.4) is 0 Å². The van der Waals surface area contributed by atoms with E-state index in [1.165, 1.54) is 43.5 Å². The maximum absolute atomic E-state index is 11.6. The van der Waals surface area contributed by atoms with Crippen LogP contribution in [0.15, 0.2) is 53.5 Å². The molecule has 30 heavy (non-hydrogen) atoms.